The summed E-state index contributed by atoms with van der Waals surface area (Å²) in [6.45, 7) is 7.87. The van der Waals surface area contributed by atoms with Crippen molar-refractivity contribution in [3.8, 4) is 0 Å². The second-order valence-corrected chi connectivity index (χ2v) is 21.0. The first kappa shape index (κ1) is 66.4. The summed E-state index contributed by atoms with van der Waals surface area (Å²) in [5, 5.41) is 0. The van der Waals surface area contributed by atoms with Crippen LogP contribution in [0.15, 0.2) is 24.3 Å². The van der Waals surface area contributed by atoms with E-state index in [2.05, 4.69) is 45.1 Å². The molecule has 0 amide bonds. The average molecular weight is 958 g/mol. The standard InChI is InChI=1S/C63H120O5/c1-4-7-10-13-16-19-22-25-28-30-32-33-36-38-41-44-47-50-53-56-62(64)67-60-61(68-63(65)57-54-51-48-45-42-39-35-27-24-21-18-15-12-9-6-3)59-66-58-55-52-49-46-43-40-37-34-31-29-26-23-20-17-14-11-8-5-2/h18,21,27,35,61H,4-17,19-20,22-26,28-34,36-60H2,1-3H3/b21-18-,35-27-. The Labute approximate surface area is 426 Å². The van der Waals surface area contributed by atoms with Gasteiger partial charge in [-0.2, -0.15) is 0 Å². The summed E-state index contributed by atoms with van der Waals surface area (Å²) < 4.78 is 17.5. The molecule has 0 saturated heterocycles. The molecule has 0 saturated carbocycles. The van der Waals surface area contributed by atoms with Crippen LogP contribution in [-0.2, 0) is 23.8 Å². The van der Waals surface area contributed by atoms with Gasteiger partial charge in [-0.3, -0.25) is 9.59 Å². The van der Waals surface area contributed by atoms with Crippen LogP contribution in [0.2, 0.25) is 0 Å². The van der Waals surface area contributed by atoms with Crippen molar-refractivity contribution in [3.63, 3.8) is 0 Å². The second-order valence-electron chi connectivity index (χ2n) is 21.0. The summed E-state index contributed by atoms with van der Waals surface area (Å²) in [5.41, 5.74) is 0. The van der Waals surface area contributed by atoms with Crippen LogP contribution in [0, 0.1) is 0 Å². The van der Waals surface area contributed by atoms with Gasteiger partial charge in [0.2, 0.25) is 0 Å². The first-order valence-corrected chi connectivity index (χ1v) is 30.9. The van der Waals surface area contributed by atoms with Gasteiger partial charge in [0.25, 0.3) is 0 Å². The molecule has 1 atom stereocenters. The van der Waals surface area contributed by atoms with Gasteiger partial charge in [0.15, 0.2) is 6.10 Å². The van der Waals surface area contributed by atoms with E-state index in [0.717, 1.165) is 51.4 Å². The highest BCUT2D eigenvalue weighted by Crippen LogP contribution is 2.17. The molecule has 0 bridgehead atoms. The maximum absolute atomic E-state index is 12.9. The molecule has 0 aromatic rings. The third-order valence-electron chi connectivity index (χ3n) is 14.0. The van der Waals surface area contributed by atoms with Gasteiger partial charge in [-0.1, -0.05) is 302 Å². The third kappa shape index (κ3) is 57.0. The highest BCUT2D eigenvalue weighted by molar-refractivity contribution is 5.70. The van der Waals surface area contributed by atoms with Crippen LogP contribution < -0.4 is 0 Å². The second kappa shape index (κ2) is 59.7. The Kier molecular flexibility index (Phi) is 58.3. The minimum absolute atomic E-state index is 0.0883. The van der Waals surface area contributed by atoms with Crippen molar-refractivity contribution in [2.45, 2.75) is 348 Å². The summed E-state index contributed by atoms with van der Waals surface area (Å²) in [6.07, 6.45) is 72.1. The van der Waals surface area contributed by atoms with Crippen LogP contribution in [0.1, 0.15) is 342 Å². The molecule has 68 heavy (non-hydrogen) atoms. The minimum Gasteiger partial charge on any atom is -0.462 e. The summed E-state index contributed by atoms with van der Waals surface area (Å²) in [7, 11) is 0. The normalized spacial score (nSPS) is 12.2. The van der Waals surface area contributed by atoms with Gasteiger partial charge in [0, 0.05) is 19.4 Å². The first-order chi connectivity index (χ1) is 33.6. The van der Waals surface area contributed by atoms with Crippen molar-refractivity contribution >= 4 is 11.9 Å². The molecule has 0 aliphatic heterocycles. The predicted octanol–water partition coefficient (Wildman–Crippen LogP) is 21.1. The molecular weight excluding hydrogens is 837 g/mol. The number of rotatable bonds is 58. The number of esters is 2. The summed E-state index contributed by atoms with van der Waals surface area (Å²) in [6, 6.07) is 0. The molecule has 0 rings (SSSR count). The Morgan fingerprint density at radius 3 is 1.00 bits per heavy atom. The fraction of sp³-hybridized carbons (Fsp3) is 0.905. The van der Waals surface area contributed by atoms with Crippen molar-refractivity contribution in [1.82, 2.24) is 0 Å². The maximum atomic E-state index is 12.9. The predicted molar refractivity (Wildman–Crippen MR) is 298 cm³/mol. The van der Waals surface area contributed by atoms with E-state index in [-0.39, 0.29) is 18.5 Å². The van der Waals surface area contributed by atoms with Gasteiger partial charge >= 0.3 is 11.9 Å². The lowest BCUT2D eigenvalue weighted by molar-refractivity contribution is -0.163. The molecular formula is C63H120O5. The van der Waals surface area contributed by atoms with E-state index < -0.39 is 6.10 Å². The average Bonchev–Trinajstić information content (AvgIpc) is 3.34. The summed E-state index contributed by atoms with van der Waals surface area (Å²) in [4.78, 5) is 25.6. The molecule has 0 spiro atoms. The monoisotopic (exact) mass is 957 g/mol. The van der Waals surface area contributed by atoms with Gasteiger partial charge in [-0.25, -0.2) is 0 Å². The van der Waals surface area contributed by atoms with E-state index in [1.165, 1.54) is 257 Å². The Balaban J connectivity index is 4.21. The van der Waals surface area contributed by atoms with Gasteiger partial charge in [0.05, 0.1) is 6.61 Å². The van der Waals surface area contributed by atoms with Crippen LogP contribution in [0.25, 0.3) is 0 Å². The quantitative estimate of drug-likeness (QED) is 0.0345. The Morgan fingerprint density at radius 1 is 0.324 bits per heavy atom. The smallest absolute Gasteiger partial charge is 0.306 e. The van der Waals surface area contributed by atoms with Gasteiger partial charge in [0.1, 0.15) is 6.61 Å². The molecule has 1 unspecified atom stereocenters. The Hall–Kier alpha value is -1.62. The third-order valence-corrected chi connectivity index (χ3v) is 14.0. The fourth-order valence-corrected chi connectivity index (χ4v) is 9.37. The minimum atomic E-state index is -0.537. The maximum Gasteiger partial charge on any atom is 0.306 e. The van der Waals surface area contributed by atoms with Crippen molar-refractivity contribution in [1.29, 1.82) is 0 Å². The largest absolute Gasteiger partial charge is 0.462 e. The zero-order valence-corrected chi connectivity index (χ0v) is 46.4. The molecule has 0 fully saturated rings. The molecule has 402 valence electrons. The lowest BCUT2D eigenvalue weighted by Gasteiger charge is -2.18. The molecule has 0 aliphatic rings. The number of carbonyl (C=O) groups excluding carboxylic acids is 2. The van der Waals surface area contributed by atoms with E-state index >= 15 is 0 Å². The number of carbonyl (C=O) groups is 2. The van der Waals surface area contributed by atoms with Crippen molar-refractivity contribution in [3.05, 3.63) is 24.3 Å². The molecule has 0 aromatic heterocycles. The van der Waals surface area contributed by atoms with Gasteiger partial charge < -0.3 is 14.2 Å². The molecule has 0 N–H and O–H groups in total. The van der Waals surface area contributed by atoms with Crippen LogP contribution >= 0.6 is 0 Å². The number of hydrogen-bond donors (Lipinski definition) is 0. The van der Waals surface area contributed by atoms with E-state index in [4.69, 9.17) is 14.2 Å². The zero-order valence-electron chi connectivity index (χ0n) is 46.4. The van der Waals surface area contributed by atoms with Crippen LogP contribution in [0.4, 0.5) is 0 Å². The summed E-state index contributed by atoms with van der Waals surface area (Å²) >= 11 is 0. The summed E-state index contributed by atoms with van der Waals surface area (Å²) in [5.74, 6) is -0.387. The molecule has 0 heterocycles. The zero-order chi connectivity index (χ0) is 49.2. The van der Waals surface area contributed by atoms with E-state index in [1.54, 1.807) is 0 Å². The lowest BCUT2D eigenvalue weighted by Crippen LogP contribution is -2.30. The van der Waals surface area contributed by atoms with Crippen molar-refractivity contribution < 1.29 is 23.8 Å². The molecule has 5 nitrogen and oxygen atoms in total. The highest BCUT2D eigenvalue weighted by Gasteiger charge is 2.18. The van der Waals surface area contributed by atoms with Crippen LogP contribution in [-0.4, -0.2) is 37.9 Å². The number of allylic oxidation sites excluding steroid dienone is 4. The number of hydrogen-bond acceptors (Lipinski definition) is 5. The molecule has 0 aromatic carbocycles. The topological polar surface area (TPSA) is 61.8 Å². The van der Waals surface area contributed by atoms with E-state index in [9.17, 15) is 9.59 Å². The SMILES string of the molecule is CCCCC/C=C\C/C=C\CCCCCCCC(=O)OC(COCCCCCCCCCCCCCCCCCCCC)COC(=O)CCCCCCCCCCCCCCCCCCCCC. The van der Waals surface area contributed by atoms with E-state index in [1.807, 2.05) is 0 Å². The van der Waals surface area contributed by atoms with Crippen LogP contribution in [0.3, 0.4) is 0 Å². The lowest BCUT2D eigenvalue weighted by atomic mass is 10.0. The van der Waals surface area contributed by atoms with Gasteiger partial charge in [-0.05, 0) is 51.4 Å². The highest BCUT2D eigenvalue weighted by atomic mass is 16.6. The van der Waals surface area contributed by atoms with Crippen molar-refractivity contribution in [2.75, 3.05) is 19.8 Å². The Morgan fingerprint density at radius 2 is 0.618 bits per heavy atom. The molecule has 0 radical (unpaired) electrons. The van der Waals surface area contributed by atoms with Crippen molar-refractivity contribution in [2.24, 2.45) is 0 Å². The first-order valence-electron chi connectivity index (χ1n) is 30.9. The molecule has 0 aliphatic carbocycles. The van der Waals surface area contributed by atoms with Crippen LogP contribution in [0.5, 0.6) is 0 Å². The van der Waals surface area contributed by atoms with Gasteiger partial charge in [-0.15, -0.1) is 0 Å². The fourth-order valence-electron chi connectivity index (χ4n) is 9.37. The number of ether oxygens (including phenoxy) is 3. The Bertz CT molecular complexity index is 1040. The van der Waals surface area contributed by atoms with E-state index in [0.29, 0.717) is 26.1 Å². The molecule has 5 heteroatoms. The number of unbranched alkanes of at least 4 members (excludes halogenated alkanes) is 43.